The maximum atomic E-state index is 11.6. The zero-order chi connectivity index (χ0) is 13.1. The molecule has 0 aromatic heterocycles. The zero-order valence-electron chi connectivity index (χ0n) is 10.2. The molecule has 2 amide bonds. The van der Waals surface area contributed by atoms with Crippen LogP contribution in [0.2, 0.25) is 0 Å². The van der Waals surface area contributed by atoms with Crippen LogP contribution in [0.15, 0.2) is 18.2 Å². The van der Waals surface area contributed by atoms with Crippen molar-refractivity contribution in [3.8, 4) is 0 Å². The highest BCUT2D eigenvalue weighted by atomic mass is 16.4. The average molecular weight is 248 g/mol. The molecule has 3 N–H and O–H groups in total. The topological polar surface area (TPSA) is 78.4 Å². The molecule has 5 heteroatoms. The molecule has 5 nitrogen and oxygen atoms in total. The Morgan fingerprint density at radius 2 is 2.06 bits per heavy atom. The number of rotatable bonds is 3. The van der Waals surface area contributed by atoms with Crippen LogP contribution in [0, 0.1) is 6.92 Å². The van der Waals surface area contributed by atoms with Gasteiger partial charge >= 0.3 is 12.0 Å². The molecule has 0 bridgehead atoms. The van der Waals surface area contributed by atoms with E-state index in [-0.39, 0.29) is 17.6 Å². The predicted octanol–water partition coefficient (Wildman–Crippen LogP) is 2.37. The molecule has 1 aliphatic rings. The number of urea groups is 1. The van der Waals surface area contributed by atoms with Crippen LogP contribution in [0.3, 0.4) is 0 Å². The van der Waals surface area contributed by atoms with E-state index < -0.39 is 5.97 Å². The third-order valence-corrected chi connectivity index (χ3v) is 3.16. The van der Waals surface area contributed by atoms with Gasteiger partial charge in [-0.2, -0.15) is 0 Å². The van der Waals surface area contributed by atoms with Crippen LogP contribution < -0.4 is 10.6 Å². The largest absolute Gasteiger partial charge is 0.478 e. The molecule has 0 atom stereocenters. The Morgan fingerprint density at radius 1 is 1.33 bits per heavy atom. The van der Waals surface area contributed by atoms with E-state index in [1.165, 1.54) is 6.07 Å². The van der Waals surface area contributed by atoms with Crippen molar-refractivity contribution in [1.29, 1.82) is 0 Å². The number of carboxylic acid groups (broad SMARTS) is 1. The zero-order valence-corrected chi connectivity index (χ0v) is 10.2. The molecule has 2 rings (SSSR count). The molecule has 1 aliphatic carbocycles. The molecule has 0 heterocycles. The summed E-state index contributed by atoms with van der Waals surface area (Å²) in [6.45, 7) is 1.77. The molecule has 1 aromatic rings. The van der Waals surface area contributed by atoms with Crippen LogP contribution in [0.5, 0.6) is 0 Å². The number of carbonyl (C=O) groups excluding carboxylic acids is 1. The Labute approximate surface area is 105 Å². The summed E-state index contributed by atoms with van der Waals surface area (Å²) in [7, 11) is 0. The first-order valence-electron chi connectivity index (χ1n) is 5.98. The number of benzene rings is 1. The van der Waals surface area contributed by atoms with Gasteiger partial charge in [0, 0.05) is 11.7 Å². The van der Waals surface area contributed by atoms with E-state index >= 15 is 0 Å². The summed E-state index contributed by atoms with van der Waals surface area (Å²) in [6, 6.07) is 4.68. The summed E-state index contributed by atoms with van der Waals surface area (Å²) < 4.78 is 0. The monoisotopic (exact) mass is 248 g/mol. The maximum Gasteiger partial charge on any atom is 0.335 e. The number of aryl methyl sites for hydroxylation is 1. The molecular formula is C13H16N2O3. The van der Waals surface area contributed by atoms with Crippen molar-refractivity contribution in [1.82, 2.24) is 5.32 Å². The molecule has 0 aliphatic heterocycles. The second-order valence-corrected chi connectivity index (χ2v) is 4.56. The Morgan fingerprint density at radius 3 is 2.56 bits per heavy atom. The van der Waals surface area contributed by atoms with E-state index in [1.54, 1.807) is 19.1 Å². The van der Waals surface area contributed by atoms with Crippen LogP contribution in [0.25, 0.3) is 0 Å². The maximum absolute atomic E-state index is 11.6. The first-order valence-corrected chi connectivity index (χ1v) is 5.98. The Balaban J connectivity index is 2.00. The van der Waals surface area contributed by atoms with Crippen molar-refractivity contribution in [2.75, 3.05) is 5.32 Å². The molecule has 0 unspecified atom stereocenters. The number of carboxylic acids is 1. The molecule has 1 fully saturated rings. The number of carbonyl (C=O) groups is 2. The molecule has 1 saturated carbocycles. The summed E-state index contributed by atoms with van der Waals surface area (Å²) in [5, 5.41) is 14.4. The highest BCUT2D eigenvalue weighted by Crippen LogP contribution is 2.19. The van der Waals surface area contributed by atoms with Gasteiger partial charge < -0.3 is 15.7 Å². The van der Waals surface area contributed by atoms with Gasteiger partial charge in [-0.15, -0.1) is 0 Å². The van der Waals surface area contributed by atoms with E-state index in [2.05, 4.69) is 10.6 Å². The lowest BCUT2D eigenvalue weighted by atomic mass is 9.93. The fourth-order valence-corrected chi connectivity index (χ4v) is 1.83. The van der Waals surface area contributed by atoms with E-state index in [0.29, 0.717) is 5.69 Å². The third-order valence-electron chi connectivity index (χ3n) is 3.16. The first kappa shape index (κ1) is 12.4. The standard InChI is InChI=1S/C13H16N2O3/c1-8-7-9(12(16)17)5-6-11(8)15-13(18)14-10-3-2-4-10/h5-7,10H,2-4H2,1H3,(H,16,17)(H2,14,15,18). The summed E-state index contributed by atoms with van der Waals surface area (Å²) in [5.74, 6) is -0.969. The normalized spacial score (nSPS) is 14.7. The molecule has 1 aromatic carbocycles. The lowest BCUT2D eigenvalue weighted by molar-refractivity contribution is 0.0697. The van der Waals surface area contributed by atoms with Crippen molar-refractivity contribution < 1.29 is 14.7 Å². The summed E-state index contributed by atoms with van der Waals surface area (Å²) in [6.07, 6.45) is 3.23. The van der Waals surface area contributed by atoms with Crippen molar-refractivity contribution >= 4 is 17.7 Å². The van der Waals surface area contributed by atoms with Gasteiger partial charge in [-0.3, -0.25) is 0 Å². The Bertz CT molecular complexity index is 481. The Kier molecular flexibility index (Phi) is 3.50. The third kappa shape index (κ3) is 2.80. The van der Waals surface area contributed by atoms with Crippen molar-refractivity contribution in [3.63, 3.8) is 0 Å². The summed E-state index contributed by atoms with van der Waals surface area (Å²) >= 11 is 0. The number of nitrogens with one attached hydrogen (secondary N) is 2. The minimum absolute atomic E-state index is 0.220. The van der Waals surface area contributed by atoms with Crippen LogP contribution in [-0.2, 0) is 0 Å². The number of aromatic carboxylic acids is 1. The minimum atomic E-state index is -0.969. The second-order valence-electron chi connectivity index (χ2n) is 4.56. The van der Waals surface area contributed by atoms with Gasteiger partial charge in [0.1, 0.15) is 0 Å². The quantitative estimate of drug-likeness (QED) is 0.768. The van der Waals surface area contributed by atoms with Gasteiger partial charge in [-0.05, 0) is 49.9 Å². The number of amides is 2. The smallest absolute Gasteiger partial charge is 0.335 e. The fraction of sp³-hybridized carbons (Fsp3) is 0.385. The van der Waals surface area contributed by atoms with E-state index in [1.807, 2.05) is 0 Å². The van der Waals surface area contributed by atoms with Crippen LogP contribution in [0.4, 0.5) is 10.5 Å². The summed E-state index contributed by atoms with van der Waals surface area (Å²) in [5.41, 5.74) is 1.59. The second kappa shape index (κ2) is 5.08. The lowest BCUT2D eigenvalue weighted by Gasteiger charge is -2.26. The van der Waals surface area contributed by atoms with E-state index in [4.69, 9.17) is 5.11 Å². The van der Waals surface area contributed by atoms with Crippen molar-refractivity contribution in [2.45, 2.75) is 32.2 Å². The summed E-state index contributed by atoms with van der Waals surface area (Å²) in [4.78, 5) is 22.4. The lowest BCUT2D eigenvalue weighted by Crippen LogP contribution is -2.41. The molecule has 0 saturated heterocycles. The Hall–Kier alpha value is -2.04. The van der Waals surface area contributed by atoms with Gasteiger partial charge in [0.05, 0.1) is 5.56 Å². The molecule has 0 radical (unpaired) electrons. The highest BCUT2D eigenvalue weighted by Gasteiger charge is 2.19. The number of anilines is 1. The van der Waals surface area contributed by atoms with Gasteiger partial charge in [-0.1, -0.05) is 0 Å². The van der Waals surface area contributed by atoms with Gasteiger partial charge in [0.25, 0.3) is 0 Å². The molecule has 96 valence electrons. The van der Waals surface area contributed by atoms with Crippen LogP contribution in [-0.4, -0.2) is 23.1 Å². The van der Waals surface area contributed by atoms with Gasteiger partial charge in [-0.25, -0.2) is 9.59 Å². The molecule has 18 heavy (non-hydrogen) atoms. The van der Waals surface area contributed by atoms with Crippen LogP contribution in [0.1, 0.15) is 35.2 Å². The van der Waals surface area contributed by atoms with Crippen LogP contribution >= 0.6 is 0 Å². The van der Waals surface area contributed by atoms with Gasteiger partial charge in [0.2, 0.25) is 0 Å². The fourth-order valence-electron chi connectivity index (χ4n) is 1.83. The average Bonchev–Trinajstić information content (AvgIpc) is 2.26. The van der Waals surface area contributed by atoms with Crippen molar-refractivity contribution in [3.05, 3.63) is 29.3 Å². The number of hydrogen-bond acceptors (Lipinski definition) is 2. The molecular weight excluding hydrogens is 232 g/mol. The molecule has 0 spiro atoms. The highest BCUT2D eigenvalue weighted by molar-refractivity contribution is 5.92. The SMILES string of the molecule is Cc1cc(C(=O)O)ccc1NC(=O)NC1CCC1. The predicted molar refractivity (Wildman–Crippen MR) is 67.9 cm³/mol. The van der Waals surface area contributed by atoms with E-state index in [9.17, 15) is 9.59 Å². The van der Waals surface area contributed by atoms with Crippen molar-refractivity contribution in [2.24, 2.45) is 0 Å². The van der Waals surface area contributed by atoms with Gasteiger partial charge in [0.15, 0.2) is 0 Å². The van der Waals surface area contributed by atoms with E-state index in [0.717, 1.165) is 24.8 Å². The minimum Gasteiger partial charge on any atom is -0.478 e. The number of hydrogen-bond donors (Lipinski definition) is 3. The first-order chi connectivity index (χ1) is 8.56.